The first-order valence-electron chi connectivity index (χ1n) is 8.74. The van der Waals surface area contributed by atoms with E-state index < -0.39 is 0 Å². The van der Waals surface area contributed by atoms with Crippen LogP contribution in [0.3, 0.4) is 0 Å². The van der Waals surface area contributed by atoms with Crippen molar-refractivity contribution in [1.29, 1.82) is 0 Å². The fourth-order valence-electron chi connectivity index (χ4n) is 2.96. The summed E-state index contributed by atoms with van der Waals surface area (Å²) in [4.78, 5) is 8.33. The van der Waals surface area contributed by atoms with Gasteiger partial charge in [-0.3, -0.25) is 0 Å². The van der Waals surface area contributed by atoms with Crippen molar-refractivity contribution in [1.82, 2.24) is 20.2 Å². The molecule has 1 aromatic carbocycles. The molecule has 4 rings (SSSR count). The fourth-order valence-corrected chi connectivity index (χ4v) is 3.19. The van der Waals surface area contributed by atoms with E-state index in [1.165, 1.54) is 14.2 Å². The van der Waals surface area contributed by atoms with Crippen LogP contribution in [0.5, 0.6) is 11.9 Å². The summed E-state index contributed by atoms with van der Waals surface area (Å²) in [6.45, 7) is 0. The standard InChI is InChI=1S/C21H17ClN4O2/c1-27-20-17(12-23-21(24-20)28-2)18-11-16(19(22)26-25-18)15-10-14(15)9-8-13-6-4-3-5-7-13/h3-7,11-12,14-15H,10H2,1-2H3/t14-,15-/m0/s1. The van der Waals surface area contributed by atoms with Gasteiger partial charge in [0.1, 0.15) is 5.69 Å². The summed E-state index contributed by atoms with van der Waals surface area (Å²) >= 11 is 6.32. The quantitative estimate of drug-likeness (QED) is 0.629. The molecule has 7 heteroatoms. The maximum atomic E-state index is 6.32. The monoisotopic (exact) mass is 392 g/mol. The van der Waals surface area contributed by atoms with Gasteiger partial charge in [0.2, 0.25) is 5.88 Å². The highest BCUT2D eigenvalue weighted by Gasteiger charge is 2.39. The molecule has 0 saturated heterocycles. The molecule has 1 aliphatic rings. The molecule has 2 aromatic heterocycles. The summed E-state index contributed by atoms with van der Waals surface area (Å²) in [5, 5.41) is 8.69. The molecule has 0 aliphatic heterocycles. The van der Waals surface area contributed by atoms with E-state index >= 15 is 0 Å². The van der Waals surface area contributed by atoms with Crippen LogP contribution in [0, 0.1) is 17.8 Å². The van der Waals surface area contributed by atoms with Gasteiger partial charge in [-0.15, -0.1) is 10.2 Å². The minimum Gasteiger partial charge on any atom is -0.480 e. The molecule has 0 amide bonds. The SMILES string of the molecule is COc1ncc(-c2cc([C@H]3C[C@@H]3C#Cc3ccccc3)c(Cl)nn2)c(OC)n1. The number of hydrogen-bond acceptors (Lipinski definition) is 6. The zero-order chi connectivity index (χ0) is 19.5. The minimum atomic E-state index is 0.223. The Balaban J connectivity index is 1.60. The first-order valence-corrected chi connectivity index (χ1v) is 9.12. The highest BCUT2D eigenvalue weighted by Crippen LogP contribution is 2.49. The van der Waals surface area contributed by atoms with Gasteiger partial charge in [-0.1, -0.05) is 41.6 Å². The van der Waals surface area contributed by atoms with Gasteiger partial charge in [-0.25, -0.2) is 4.98 Å². The van der Waals surface area contributed by atoms with Crippen molar-refractivity contribution in [3.8, 4) is 35.0 Å². The van der Waals surface area contributed by atoms with Crippen LogP contribution in [0.2, 0.25) is 5.15 Å². The molecule has 3 aromatic rings. The van der Waals surface area contributed by atoms with Gasteiger partial charge in [0.05, 0.1) is 19.8 Å². The molecule has 0 N–H and O–H groups in total. The van der Waals surface area contributed by atoms with E-state index in [9.17, 15) is 0 Å². The van der Waals surface area contributed by atoms with Gasteiger partial charge in [0.25, 0.3) is 0 Å². The zero-order valence-electron chi connectivity index (χ0n) is 15.4. The molecule has 0 bridgehead atoms. The van der Waals surface area contributed by atoms with Crippen LogP contribution in [-0.2, 0) is 0 Å². The Morgan fingerprint density at radius 2 is 1.93 bits per heavy atom. The number of halogens is 1. The fraction of sp³-hybridized carbons (Fsp3) is 0.238. The third kappa shape index (κ3) is 3.75. The lowest BCUT2D eigenvalue weighted by Crippen LogP contribution is -2.00. The van der Waals surface area contributed by atoms with E-state index in [2.05, 4.69) is 32.0 Å². The Hall–Kier alpha value is -3.17. The van der Waals surface area contributed by atoms with Crippen LogP contribution in [0.4, 0.5) is 0 Å². The van der Waals surface area contributed by atoms with Crippen LogP contribution in [0.1, 0.15) is 23.5 Å². The lowest BCUT2D eigenvalue weighted by atomic mass is 10.1. The van der Waals surface area contributed by atoms with Gasteiger partial charge < -0.3 is 9.47 Å². The van der Waals surface area contributed by atoms with Gasteiger partial charge in [-0.05, 0) is 30.2 Å². The molecule has 28 heavy (non-hydrogen) atoms. The Bertz CT molecular complexity index is 1060. The molecule has 0 unspecified atom stereocenters. The largest absolute Gasteiger partial charge is 0.480 e. The topological polar surface area (TPSA) is 70.0 Å². The van der Waals surface area contributed by atoms with E-state index in [0.717, 1.165) is 17.5 Å². The van der Waals surface area contributed by atoms with Gasteiger partial charge >= 0.3 is 6.01 Å². The van der Waals surface area contributed by atoms with Crippen molar-refractivity contribution < 1.29 is 9.47 Å². The second-order valence-electron chi connectivity index (χ2n) is 6.34. The maximum Gasteiger partial charge on any atom is 0.319 e. The summed E-state index contributed by atoms with van der Waals surface area (Å²) < 4.78 is 10.4. The van der Waals surface area contributed by atoms with E-state index in [1.54, 1.807) is 6.20 Å². The first kappa shape index (κ1) is 18.2. The maximum absolute atomic E-state index is 6.32. The van der Waals surface area contributed by atoms with Crippen molar-refractivity contribution >= 4 is 11.6 Å². The van der Waals surface area contributed by atoms with Crippen LogP contribution in [0.25, 0.3) is 11.3 Å². The Morgan fingerprint density at radius 1 is 1.11 bits per heavy atom. The zero-order valence-corrected chi connectivity index (χ0v) is 16.1. The third-order valence-electron chi connectivity index (χ3n) is 4.53. The number of benzene rings is 1. The van der Waals surface area contributed by atoms with E-state index in [4.69, 9.17) is 21.1 Å². The summed E-state index contributed by atoms with van der Waals surface area (Å²) in [7, 11) is 3.03. The molecule has 0 radical (unpaired) electrons. The summed E-state index contributed by atoms with van der Waals surface area (Å²) in [6.07, 6.45) is 2.55. The van der Waals surface area contributed by atoms with E-state index in [0.29, 0.717) is 22.3 Å². The summed E-state index contributed by atoms with van der Waals surface area (Å²) in [5.74, 6) is 7.40. The highest BCUT2D eigenvalue weighted by molar-refractivity contribution is 6.30. The minimum absolute atomic E-state index is 0.223. The lowest BCUT2D eigenvalue weighted by molar-refractivity contribution is 0.353. The van der Waals surface area contributed by atoms with E-state index in [-0.39, 0.29) is 17.8 Å². The molecule has 1 saturated carbocycles. The van der Waals surface area contributed by atoms with Crippen molar-refractivity contribution in [3.63, 3.8) is 0 Å². The molecule has 1 aliphatic carbocycles. The van der Waals surface area contributed by atoms with Crippen LogP contribution >= 0.6 is 11.6 Å². The number of hydrogen-bond donors (Lipinski definition) is 0. The summed E-state index contributed by atoms with van der Waals surface area (Å²) in [5.41, 5.74) is 3.16. The predicted octanol–water partition coefficient (Wildman–Crippen LogP) is 3.76. The molecule has 2 heterocycles. The predicted molar refractivity (Wildman–Crippen MR) is 105 cm³/mol. The smallest absolute Gasteiger partial charge is 0.319 e. The molecule has 0 spiro atoms. The van der Waals surface area contributed by atoms with Crippen molar-refractivity contribution in [3.05, 3.63) is 58.9 Å². The molecule has 1 fully saturated rings. The van der Waals surface area contributed by atoms with Crippen LogP contribution in [0.15, 0.2) is 42.6 Å². The Labute approximate surface area is 167 Å². The number of aromatic nitrogens is 4. The molecule has 140 valence electrons. The second-order valence-corrected chi connectivity index (χ2v) is 6.70. The third-order valence-corrected chi connectivity index (χ3v) is 4.82. The second kappa shape index (κ2) is 7.83. The number of rotatable bonds is 4. The van der Waals surface area contributed by atoms with Gasteiger partial charge in [0, 0.05) is 23.6 Å². The highest BCUT2D eigenvalue weighted by atomic mass is 35.5. The molecular formula is C21H17ClN4O2. The Morgan fingerprint density at radius 3 is 2.68 bits per heavy atom. The van der Waals surface area contributed by atoms with Crippen LogP contribution in [-0.4, -0.2) is 34.4 Å². The first-order chi connectivity index (χ1) is 13.7. The number of ether oxygens (including phenoxy) is 2. The van der Waals surface area contributed by atoms with Gasteiger partial charge in [-0.2, -0.15) is 4.98 Å². The lowest BCUT2D eigenvalue weighted by Gasteiger charge is -2.09. The average molecular weight is 393 g/mol. The number of nitrogens with zero attached hydrogens (tertiary/aromatic N) is 4. The number of methoxy groups -OCH3 is 2. The molecule has 2 atom stereocenters. The van der Waals surface area contributed by atoms with Crippen molar-refractivity contribution in [2.45, 2.75) is 12.3 Å². The van der Waals surface area contributed by atoms with Crippen LogP contribution < -0.4 is 9.47 Å². The van der Waals surface area contributed by atoms with E-state index in [1.807, 2.05) is 36.4 Å². The van der Waals surface area contributed by atoms with Gasteiger partial charge in [0.15, 0.2) is 5.15 Å². The summed E-state index contributed by atoms with van der Waals surface area (Å²) in [6, 6.07) is 12.1. The molecule has 6 nitrogen and oxygen atoms in total. The average Bonchev–Trinajstić information content (AvgIpc) is 3.52. The normalized spacial score (nSPS) is 17.4. The van der Waals surface area contributed by atoms with Crippen molar-refractivity contribution in [2.75, 3.05) is 14.2 Å². The Kier molecular flexibility index (Phi) is 5.09. The molecular weight excluding hydrogens is 376 g/mol. The van der Waals surface area contributed by atoms with Crippen molar-refractivity contribution in [2.24, 2.45) is 5.92 Å².